The Balaban J connectivity index is 1.43. The molecule has 3 aromatic rings. The Bertz CT molecular complexity index is 1200. The number of aromatic nitrogens is 3. The van der Waals surface area contributed by atoms with E-state index >= 15 is 0 Å². The van der Waals surface area contributed by atoms with Crippen molar-refractivity contribution < 1.29 is 13.9 Å². The molecule has 158 valence electrons. The van der Waals surface area contributed by atoms with Gasteiger partial charge in [0.25, 0.3) is 5.91 Å². The molecule has 0 saturated heterocycles. The number of hydrogen-bond acceptors (Lipinski definition) is 5. The van der Waals surface area contributed by atoms with E-state index in [4.69, 9.17) is 14.8 Å². The minimum atomic E-state index is -0.238. The number of hydrogen-bond donors (Lipinski definition) is 2. The van der Waals surface area contributed by atoms with Gasteiger partial charge in [-0.05, 0) is 54.9 Å². The summed E-state index contributed by atoms with van der Waals surface area (Å²) in [5.74, 6) is 0.617. The van der Waals surface area contributed by atoms with Crippen LogP contribution in [0.15, 0.2) is 42.7 Å². The number of imidazole rings is 1. The van der Waals surface area contributed by atoms with Gasteiger partial charge < -0.3 is 15.4 Å². The molecule has 1 aromatic carbocycles. The molecule has 1 aliphatic heterocycles. The zero-order valence-electron chi connectivity index (χ0n) is 16.8. The van der Waals surface area contributed by atoms with Crippen LogP contribution < -0.4 is 10.6 Å². The third-order valence-electron chi connectivity index (χ3n) is 6.24. The van der Waals surface area contributed by atoms with Crippen molar-refractivity contribution in [1.29, 1.82) is 0 Å². The van der Waals surface area contributed by atoms with E-state index in [-0.39, 0.29) is 24.4 Å². The second-order valence-corrected chi connectivity index (χ2v) is 8.45. The summed E-state index contributed by atoms with van der Waals surface area (Å²) in [5.41, 5.74) is 5.18. The average molecular weight is 419 g/mol. The van der Waals surface area contributed by atoms with Crippen molar-refractivity contribution in [1.82, 2.24) is 25.2 Å². The summed E-state index contributed by atoms with van der Waals surface area (Å²) in [4.78, 5) is 17.5. The maximum absolute atomic E-state index is 13.4. The van der Waals surface area contributed by atoms with Gasteiger partial charge in [0, 0.05) is 17.7 Å². The van der Waals surface area contributed by atoms with Gasteiger partial charge in [0.05, 0.1) is 23.2 Å². The van der Waals surface area contributed by atoms with E-state index in [1.54, 1.807) is 6.20 Å². The van der Waals surface area contributed by atoms with Crippen molar-refractivity contribution in [3.8, 4) is 0 Å². The minimum Gasteiger partial charge on any atom is -0.368 e. The first kappa shape index (κ1) is 18.5. The zero-order valence-corrected chi connectivity index (χ0v) is 16.8. The number of ether oxygens (including phenoxy) is 1. The number of nitrogens with zero attached hydrogens (tertiary/aromatic N) is 3. The van der Waals surface area contributed by atoms with Crippen LogP contribution in [0.2, 0.25) is 0 Å². The molecule has 0 spiro atoms. The van der Waals surface area contributed by atoms with E-state index in [0.717, 1.165) is 41.7 Å². The third kappa shape index (κ3) is 3.46. The highest BCUT2D eigenvalue weighted by Crippen LogP contribution is 2.55. The molecule has 7 nitrogen and oxygen atoms in total. The maximum atomic E-state index is 13.4. The number of amides is 1. The second kappa shape index (κ2) is 7.16. The van der Waals surface area contributed by atoms with Crippen LogP contribution in [0.25, 0.3) is 11.2 Å². The molecular formula is C23H22FN5O2. The summed E-state index contributed by atoms with van der Waals surface area (Å²) < 4.78 is 20.4. The molecule has 1 amide bonds. The Morgan fingerprint density at radius 2 is 1.97 bits per heavy atom. The fourth-order valence-electron chi connectivity index (χ4n) is 4.34. The van der Waals surface area contributed by atoms with Crippen LogP contribution in [-0.2, 0) is 9.53 Å². The summed E-state index contributed by atoms with van der Waals surface area (Å²) in [5, 5.41) is 10.5. The number of carbonyl (C=O) groups is 1. The molecule has 2 fully saturated rings. The van der Waals surface area contributed by atoms with E-state index < -0.39 is 0 Å². The van der Waals surface area contributed by atoms with E-state index in [1.807, 2.05) is 28.9 Å². The van der Waals surface area contributed by atoms with E-state index in [0.29, 0.717) is 29.8 Å². The Kier molecular flexibility index (Phi) is 4.27. The van der Waals surface area contributed by atoms with Crippen LogP contribution >= 0.6 is 0 Å². The van der Waals surface area contributed by atoms with Crippen LogP contribution in [0.1, 0.15) is 59.5 Å². The van der Waals surface area contributed by atoms with Crippen molar-refractivity contribution >= 4 is 17.1 Å². The largest absolute Gasteiger partial charge is 0.368 e. The Morgan fingerprint density at radius 3 is 2.77 bits per heavy atom. The summed E-state index contributed by atoms with van der Waals surface area (Å²) in [7, 11) is 0. The number of carbonyl (C=O) groups excluding carboxylic acids is 1. The lowest BCUT2D eigenvalue weighted by atomic mass is 10.0. The molecule has 3 heterocycles. The van der Waals surface area contributed by atoms with Gasteiger partial charge in [0.2, 0.25) is 0 Å². The molecule has 0 unspecified atom stereocenters. The molecule has 6 rings (SSSR count). The lowest BCUT2D eigenvalue weighted by Crippen LogP contribution is -2.32. The van der Waals surface area contributed by atoms with E-state index in [1.165, 1.54) is 12.1 Å². The topological polar surface area (TPSA) is 80.5 Å². The number of rotatable bonds is 4. The number of benzene rings is 1. The van der Waals surface area contributed by atoms with Crippen LogP contribution in [0.5, 0.6) is 0 Å². The van der Waals surface area contributed by atoms with Crippen molar-refractivity contribution in [3.05, 3.63) is 71.1 Å². The lowest BCUT2D eigenvalue weighted by Gasteiger charge is -2.15. The van der Waals surface area contributed by atoms with E-state index in [9.17, 15) is 9.18 Å². The summed E-state index contributed by atoms with van der Waals surface area (Å²) in [6.45, 7) is 0.454. The fourth-order valence-corrected chi connectivity index (χ4v) is 4.34. The van der Waals surface area contributed by atoms with Crippen molar-refractivity contribution in [2.24, 2.45) is 0 Å². The van der Waals surface area contributed by atoms with Crippen LogP contribution in [0.4, 0.5) is 4.39 Å². The molecule has 2 saturated carbocycles. The van der Waals surface area contributed by atoms with Crippen molar-refractivity contribution in [2.75, 3.05) is 13.5 Å². The molecule has 2 aliphatic carbocycles. The molecular weight excluding hydrogens is 397 g/mol. The highest BCUT2D eigenvalue weighted by molar-refractivity contribution is 6.18. The predicted octanol–water partition coefficient (Wildman–Crippen LogP) is 3.01. The fraction of sp³-hybridized carbons (Fsp3) is 0.348. The minimum absolute atomic E-state index is 0.143. The van der Waals surface area contributed by atoms with Gasteiger partial charge in [-0.2, -0.15) is 5.10 Å². The Morgan fingerprint density at radius 1 is 1.13 bits per heavy atom. The first-order chi connectivity index (χ1) is 15.2. The van der Waals surface area contributed by atoms with Crippen LogP contribution in [0.3, 0.4) is 0 Å². The number of nitrogens with one attached hydrogen (secondary N) is 2. The van der Waals surface area contributed by atoms with E-state index in [2.05, 4.69) is 10.6 Å². The van der Waals surface area contributed by atoms with Gasteiger partial charge in [-0.15, -0.1) is 0 Å². The first-order valence-corrected chi connectivity index (χ1v) is 10.6. The maximum Gasteiger partial charge on any atom is 0.256 e. The Hall–Kier alpha value is -3.26. The zero-order chi connectivity index (χ0) is 20.9. The summed E-state index contributed by atoms with van der Waals surface area (Å²) in [6, 6.07) is 8.72. The number of fused-ring (bicyclic) bond motifs is 1. The lowest BCUT2D eigenvalue weighted by molar-refractivity contribution is -0.117. The van der Waals surface area contributed by atoms with Gasteiger partial charge in [-0.3, -0.25) is 4.79 Å². The SMILES string of the molecule is O=C1NCOCN/C=C\1c1cc([C@@H]2C[C@H]2c2ccc(F)cc2)c2nc(C3CC3)cn2n1. The quantitative estimate of drug-likeness (QED) is 0.680. The summed E-state index contributed by atoms with van der Waals surface area (Å²) >= 11 is 0. The predicted molar refractivity (Wildman–Crippen MR) is 112 cm³/mol. The van der Waals surface area contributed by atoms with Gasteiger partial charge in [0.1, 0.15) is 19.3 Å². The van der Waals surface area contributed by atoms with Crippen LogP contribution in [-0.4, -0.2) is 34.0 Å². The highest BCUT2D eigenvalue weighted by atomic mass is 19.1. The molecule has 2 N–H and O–H groups in total. The molecule has 0 radical (unpaired) electrons. The smallest absolute Gasteiger partial charge is 0.256 e. The molecule has 3 aliphatic rings. The molecule has 8 heteroatoms. The van der Waals surface area contributed by atoms with Gasteiger partial charge in [0.15, 0.2) is 5.65 Å². The van der Waals surface area contributed by atoms with Crippen LogP contribution in [0, 0.1) is 5.82 Å². The normalized spacial score (nSPS) is 25.2. The first-order valence-electron chi connectivity index (χ1n) is 10.6. The average Bonchev–Trinajstić information content (AvgIpc) is 3.68. The number of halogens is 1. The van der Waals surface area contributed by atoms with Gasteiger partial charge in [-0.1, -0.05) is 12.1 Å². The second-order valence-electron chi connectivity index (χ2n) is 8.45. The van der Waals surface area contributed by atoms with Gasteiger partial charge in [-0.25, -0.2) is 13.9 Å². The molecule has 2 atom stereocenters. The monoisotopic (exact) mass is 419 g/mol. The standard InChI is InChI=1S/C23H22FN5O2/c24-15-5-3-13(4-6-15)16-7-17(16)18-8-20(19-9-25-11-31-12-26-23(19)30)28-29-10-21(14-1-2-14)27-22(18)29/h3-6,8-10,14,16-17,25H,1-2,7,11-12H2,(H,26,30)/b19-9-/t16-,17+/m0/s1. The van der Waals surface area contributed by atoms with Gasteiger partial charge >= 0.3 is 0 Å². The third-order valence-corrected chi connectivity index (χ3v) is 6.24. The van der Waals surface area contributed by atoms with Crippen molar-refractivity contribution in [3.63, 3.8) is 0 Å². The summed E-state index contributed by atoms with van der Waals surface area (Å²) in [6.07, 6.45) is 6.92. The molecule has 0 bridgehead atoms. The highest BCUT2D eigenvalue weighted by Gasteiger charge is 2.42. The van der Waals surface area contributed by atoms with Crippen molar-refractivity contribution in [2.45, 2.75) is 37.0 Å². The molecule has 31 heavy (non-hydrogen) atoms. The Labute approximate surface area is 178 Å². The molecule has 2 aromatic heterocycles.